The minimum Gasteiger partial charge on any atom is -0.342 e. The van der Waals surface area contributed by atoms with Gasteiger partial charge in [0.15, 0.2) is 5.69 Å². The molecule has 0 bridgehead atoms. The summed E-state index contributed by atoms with van der Waals surface area (Å²) in [7, 11) is 0. The number of aromatic nitrogens is 2. The molecule has 3 heterocycles. The molecule has 2 aromatic carbocycles. The van der Waals surface area contributed by atoms with Crippen molar-refractivity contribution in [2.45, 2.75) is 57.2 Å². The van der Waals surface area contributed by atoms with Gasteiger partial charge >= 0.3 is 6.18 Å². The van der Waals surface area contributed by atoms with Gasteiger partial charge in [-0.15, -0.1) is 0 Å². The molecule has 5 rings (SSSR count). The largest absolute Gasteiger partial charge is 0.435 e. The van der Waals surface area contributed by atoms with Gasteiger partial charge in [0.05, 0.1) is 11.6 Å². The van der Waals surface area contributed by atoms with E-state index in [0.29, 0.717) is 61.0 Å². The molecule has 2 atom stereocenters. The Balaban J connectivity index is 1.36. The van der Waals surface area contributed by atoms with Crippen molar-refractivity contribution in [3.05, 3.63) is 82.1 Å². The number of halogens is 6. The van der Waals surface area contributed by atoms with Crippen LogP contribution in [-0.4, -0.2) is 57.2 Å². The van der Waals surface area contributed by atoms with E-state index in [4.69, 9.17) is 11.6 Å². The summed E-state index contributed by atoms with van der Waals surface area (Å²) in [5, 5.41) is 4.32. The lowest BCUT2D eigenvalue weighted by molar-refractivity contribution is -0.141. The lowest BCUT2D eigenvalue weighted by Crippen LogP contribution is -2.44. The fourth-order valence-electron chi connectivity index (χ4n) is 5.96. The Morgan fingerprint density at radius 2 is 1.61 bits per heavy atom. The van der Waals surface area contributed by atoms with Crippen molar-refractivity contribution in [3.8, 4) is 5.69 Å². The Labute approximate surface area is 240 Å². The van der Waals surface area contributed by atoms with Gasteiger partial charge in [-0.1, -0.05) is 17.7 Å². The van der Waals surface area contributed by atoms with Crippen molar-refractivity contribution in [1.82, 2.24) is 19.6 Å². The van der Waals surface area contributed by atoms with Crippen LogP contribution < -0.4 is 0 Å². The number of carbonyl (C=O) groups excluding carboxylic acids is 1. The average molecular weight is 595 g/mol. The van der Waals surface area contributed by atoms with E-state index in [9.17, 15) is 26.7 Å². The second-order valence-electron chi connectivity index (χ2n) is 11.9. The fraction of sp³-hybridized carbons (Fsp3) is 0.467. The summed E-state index contributed by atoms with van der Waals surface area (Å²) in [5.74, 6) is -2.68. The van der Waals surface area contributed by atoms with E-state index in [1.165, 1.54) is 16.8 Å². The van der Waals surface area contributed by atoms with Crippen molar-refractivity contribution in [2.24, 2.45) is 5.92 Å². The maximum absolute atomic E-state index is 14.9. The predicted octanol–water partition coefficient (Wildman–Crippen LogP) is 7.04. The number of benzene rings is 2. The Morgan fingerprint density at radius 1 is 0.951 bits per heavy atom. The van der Waals surface area contributed by atoms with Gasteiger partial charge in [-0.3, -0.25) is 9.69 Å². The topological polar surface area (TPSA) is 41.4 Å². The monoisotopic (exact) mass is 594 g/mol. The molecule has 220 valence electrons. The van der Waals surface area contributed by atoms with Gasteiger partial charge in [-0.05, 0) is 75.6 Å². The summed E-state index contributed by atoms with van der Waals surface area (Å²) in [5.41, 5.74) is -0.0163. The molecule has 11 heteroatoms. The normalized spacial score (nSPS) is 21.0. The molecule has 0 unspecified atom stereocenters. The van der Waals surface area contributed by atoms with Crippen LogP contribution in [-0.2, 0) is 11.0 Å². The van der Waals surface area contributed by atoms with Gasteiger partial charge in [-0.2, -0.15) is 18.3 Å². The quantitative estimate of drug-likeness (QED) is 0.304. The molecule has 0 radical (unpaired) electrons. The van der Waals surface area contributed by atoms with Gasteiger partial charge in [0.25, 0.3) is 0 Å². The summed E-state index contributed by atoms with van der Waals surface area (Å²) in [4.78, 5) is 17.7. The summed E-state index contributed by atoms with van der Waals surface area (Å²) in [6.07, 6.45) is -3.70. The number of rotatable bonds is 4. The molecule has 41 heavy (non-hydrogen) atoms. The zero-order valence-corrected chi connectivity index (χ0v) is 23.8. The third-order valence-electron chi connectivity index (χ3n) is 8.27. The molecule has 1 amide bonds. The Kier molecular flexibility index (Phi) is 7.93. The molecule has 5 nitrogen and oxygen atoms in total. The highest BCUT2D eigenvalue weighted by Gasteiger charge is 2.45. The minimum atomic E-state index is -4.60. The summed E-state index contributed by atoms with van der Waals surface area (Å²) in [6.45, 7) is 7.68. The molecule has 2 saturated heterocycles. The van der Waals surface area contributed by atoms with Gasteiger partial charge in [0.1, 0.15) is 11.6 Å². The number of hydrogen-bond donors (Lipinski definition) is 0. The van der Waals surface area contributed by atoms with Gasteiger partial charge in [0.2, 0.25) is 5.91 Å². The van der Waals surface area contributed by atoms with Crippen LogP contribution in [0.1, 0.15) is 62.4 Å². The van der Waals surface area contributed by atoms with E-state index < -0.39 is 35.3 Å². The highest BCUT2D eigenvalue weighted by atomic mass is 35.5. The van der Waals surface area contributed by atoms with Gasteiger partial charge in [-0.25, -0.2) is 13.5 Å². The second-order valence-corrected chi connectivity index (χ2v) is 12.3. The zero-order valence-electron chi connectivity index (χ0n) is 23.1. The molecule has 0 saturated carbocycles. The van der Waals surface area contributed by atoms with E-state index in [1.54, 1.807) is 29.2 Å². The van der Waals surface area contributed by atoms with E-state index in [1.807, 2.05) is 20.8 Å². The molecular weight excluding hydrogens is 563 g/mol. The van der Waals surface area contributed by atoms with Crippen LogP contribution >= 0.6 is 11.6 Å². The Bertz CT molecular complexity index is 1410. The smallest absolute Gasteiger partial charge is 0.342 e. The number of likely N-dealkylation sites (tertiary alicyclic amines) is 2. The third-order valence-corrected chi connectivity index (χ3v) is 8.52. The van der Waals surface area contributed by atoms with E-state index in [-0.39, 0.29) is 17.4 Å². The molecule has 0 spiro atoms. The lowest BCUT2D eigenvalue weighted by atomic mass is 9.86. The molecule has 2 aliphatic rings. The summed E-state index contributed by atoms with van der Waals surface area (Å²) < 4.78 is 70.6. The zero-order chi connectivity index (χ0) is 29.7. The highest BCUT2D eigenvalue weighted by molar-refractivity contribution is 6.30. The molecule has 2 aliphatic heterocycles. The van der Waals surface area contributed by atoms with Crippen molar-refractivity contribution in [1.29, 1.82) is 0 Å². The van der Waals surface area contributed by atoms with Crippen molar-refractivity contribution < 1.29 is 26.7 Å². The Hall–Kier alpha value is -2.98. The molecular formula is C30H32ClF5N4O. The van der Waals surface area contributed by atoms with Crippen molar-refractivity contribution in [3.63, 3.8) is 0 Å². The first kappa shape index (κ1) is 29.5. The van der Waals surface area contributed by atoms with Crippen LogP contribution in [0, 0.1) is 17.6 Å². The molecule has 0 N–H and O–H groups in total. The SMILES string of the molecule is CC(C)(C)N1C[C@@H](C(=O)N2CCC(c3cc(C(F)(F)F)nn3-c3ccc(Cl)cc3)CC2)[C@H](c2ccc(F)cc2F)C1. The second kappa shape index (κ2) is 11.0. The van der Waals surface area contributed by atoms with Gasteiger partial charge < -0.3 is 4.90 Å². The van der Waals surface area contributed by atoms with Crippen LogP contribution in [0.4, 0.5) is 22.0 Å². The van der Waals surface area contributed by atoms with Gasteiger partial charge in [0, 0.05) is 60.3 Å². The molecule has 0 aliphatic carbocycles. The fourth-order valence-corrected chi connectivity index (χ4v) is 6.09. The molecule has 1 aromatic heterocycles. The number of hydrogen-bond acceptors (Lipinski definition) is 3. The summed E-state index contributed by atoms with van der Waals surface area (Å²) >= 11 is 5.98. The Morgan fingerprint density at radius 3 is 2.20 bits per heavy atom. The van der Waals surface area contributed by atoms with Crippen LogP contribution in [0.2, 0.25) is 5.02 Å². The lowest BCUT2D eigenvalue weighted by Gasteiger charge is -2.35. The first-order valence-electron chi connectivity index (χ1n) is 13.6. The number of alkyl halides is 3. The van der Waals surface area contributed by atoms with Crippen molar-refractivity contribution in [2.75, 3.05) is 26.2 Å². The first-order valence-corrected chi connectivity index (χ1v) is 14.0. The summed E-state index contributed by atoms with van der Waals surface area (Å²) in [6, 6.07) is 11.0. The first-order chi connectivity index (χ1) is 19.2. The predicted molar refractivity (Wildman–Crippen MR) is 146 cm³/mol. The molecule has 2 fully saturated rings. The highest BCUT2D eigenvalue weighted by Crippen LogP contribution is 2.40. The number of nitrogens with zero attached hydrogens (tertiary/aromatic N) is 4. The van der Waals surface area contributed by atoms with Crippen LogP contribution in [0.3, 0.4) is 0 Å². The maximum Gasteiger partial charge on any atom is 0.435 e. The van der Waals surface area contributed by atoms with Crippen LogP contribution in [0.15, 0.2) is 48.5 Å². The van der Waals surface area contributed by atoms with Crippen LogP contribution in [0.5, 0.6) is 0 Å². The number of amides is 1. The maximum atomic E-state index is 14.9. The van der Waals surface area contributed by atoms with Crippen LogP contribution in [0.25, 0.3) is 5.69 Å². The molecule has 3 aromatic rings. The minimum absolute atomic E-state index is 0.119. The standard InChI is InChI=1S/C30H32ClF5N4O/c1-29(2,3)39-16-23(22-9-6-20(32)14-25(22)33)24(17-39)28(41)38-12-10-18(11-13-38)26-15-27(30(34,35)36)37-40(26)21-7-4-19(31)5-8-21/h4-9,14-15,18,23-24H,10-13,16-17H2,1-3H3/t23-,24+/m0/s1. The number of piperidine rings is 1. The average Bonchev–Trinajstić information content (AvgIpc) is 3.55. The third kappa shape index (κ3) is 6.14. The van der Waals surface area contributed by atoms with E-state index >= 15 is 0 Å². The van der Waals surface area contributed by atoms with E-state index in [2.05, 4.69) is 10.00 Å². The van der Waals surface area contributed by atoms with E-state index in [0.717, 1.165) is 12.1 Å². The van der Waals surface area contributed by atoms with Crippen molar-refractivity contribution >= 4 is 17.5 Å². The number of carbonyl (C=O) groups is 1.